The first-order valence-electron chi connectivity index (χ1n) is 10.7. The Labute approximate surface area is 197 Å². The first kappa shape index (κ1) is 23.7. The van der Waals surface area contributed by atoms with Crippen LogP contribution in [0.15, 0.2) is 46.9 Å². The number of nitrogens with zero attached hydrogens (tertiary/aromatic N) is 3. The van der Waals surface area contributed by atoms with Gasteiger partial charge >= 0.3 is 0 Å². The van der Waals surface area contributed by atoms with Crippen LogP contribution >= 0.6 is 27.3 Å². The van der Waals surface area contributed by atoms with Crippen molar-refractivity contribution in [3.8, 4) is 5.75 Å². The van der Waals surface area contributed by atoms with E-state index < -0.39 is 0 Å². The van der Waals surface area contributed by atoms with Crippen molar-refractivity contribution >= 4 is 48.5 Å². The van der Waals surface area contributed by atoms with Gasteiger partial charge in [-0.25, -0.2) is 4.98 Å². The summed E-state index contributed by atoms with van der Waals surface area (Å²) in [6, 6.07) is 13.5. The van der Waals surface area contributed by atoms with Crippen molar-refractivity contribution in [2.24, 2.45) is 0 Å². The van der Waals surface area contributed by atoms with Gasteiger partial charge in [0.1, 0.15) is 5.75 Å². The number of carbonyl (C=O) groups excluding carboxylic acids is 1. The standard InChI is InChI=1S/C24H30BrN3O2S/c1-4-5-6-15-30-20-10-7-9-18(16-20)23(29)28(14-8-13-27(2)3)24-26-21-12-11-19(25)17-22(21)31-24/h7,9-12,16-17H,4-6,8,13-15H2,1-3H3. The number of unbranched alkanes of at least 4 members (excludes halogenated alkanes) is 2. The maximum absolute atomic E-state index is 13.5. The summed E-state index contributed by atoms with van der Waals surface area (Å²) in [4.78, 5) is 22.2. The second kappa shape index (κ2) is 11.6. The molecular weight excluding hydrogens is 474 g/mol. The molecule has 0 radical (unpaired) electrons. The normalized spacial score (nSPS) is 11.3. The summed E-state index contributed by atoms with van der Waals surface area (Å²) in [6.45, 7) is 4.36. The zero-order chi connectivity index (χ0) is 22.2. The number of rotatable bonds is 11. The summed E-state index contributed by atoms with van der Waals surface area (Å²) in [5.74, 6) is 0.694. The number of anilines is 1. The van der Waals surface area contributed by atoms with Crippen molar-refractivity contribution in [2.45, 2.75) is 32.6 Å². The molecule has 2 aromatic carbocycles. The van der Waals surface area contributed by atoms with Crippen LogP contribution in [-0.2, 0) is 0 Å². The highest BCUT2D eigenvalue weighted by Crippen LogP contribution is 2.32. The minimum atomic E-state index is -0.0455. The molecule has 0 spiro atoms. The third-order valence-corrected chi connectivity index (χ3v) is 6.43. The van der Waals surface area contributed by atoms with Gasteiger partial charge in [-0.3, -0.25) is 9.69 Å². The molecule has 0 saturated heterocycles. The molecule has 0 bridgehead atoms. The molecular formula is C24H30BrN3O2S. The van der Waals surface area contributed by atoms with E-state index in [9.17, 15) is 4.79 Å². The minimum Gasteiger partial charge on any atom is -0.494 e. The van der Waals surface area contributed by atoms with Crippen LogP contribution in [0.25, 0.3) is 10.2 Å². The second-order valence-electron chi connectivity index (χ2n) is 7.81. The van der Waals surface area contributed by atoms with E-state index in [2.05, 4.69) is 27.8 Å². The fraction of sp³-hybridized carbons (Fsp3) is 0.417. The Balaban J connectivity index is 1.83. The zero-order valence-electron chi connectivity index (χ0n) is 18.4. The van der Waals surface area contributed by atoms with Crippen molar-refractivity contribution in [1.82, 2.24) is 9.88 Å². The van der Waals surface area contributed by atoms with Crippen LogP contribution in [0.5, 0.6) is 5.75 Å². The molecule has 1 amide bonds. The molecule has 1 aromatic heterocycles. The van der Waals surface area contributed by atoms with Crippen LogP contribution in [-0.4, -0.2) is 49.6 Å². The fourth-order valence-corrected chi connectivity index (χ4v) is 4.79. The lowest BCUT2D eigenvalue weighted by Gasteiger charge is -2.21. The summed E-state index contributed by atoms with van der Waals surface area (Å²) in [5, 5.41) is 0.728. The number of carbonyl (C=O) groups is 1. The molecule has 0 atom stereocenters. The van der Waals surface area contributed by atoms with Crippen LogP contribution in [0.1, 0.15) is 43.0 Å². The number of hydrogen-bond acceptors (Lipinski definition) is 5. The van der Waals surface area contributed by atoms with E-state index in [0.717, 1.165) is 57.8 Å². The molecule has 0 saturated carbocycles. The Morgan fingerprint density at radius 1 is 1.10 bits per heavy atom. The zero-order valence-corrected chi connectivity index (χ0v) is 20.8. The lowest BCUT2D eigenvalue weighted by atomic mass is 10.2. The molecule has 1 heterocycles. The van der Waals surface area contributed by atoms with Gasteiger partial charge in [0.05, 0.1) is 16.8 Å². The van der Waals surface area contributed by atoms with E-state index in [1.807, 2.05) is 56.6 Å². The van der Waals surface area contributed by atoms with Crippen LogP contribution < -0.4 is 9.64 Å². The van der Waals surface area contributed by atoms with E-state index in [1.54, 1.807) is 16.2 Å². The minimum absolute atomic E-state index is 0.0455. The molecule has 0 unspecified atom stereocenters. The molecule has 0 aliphatic carbocycles. The second-order valence-corrected chi connectivity index (χ2v) is 9.73. The van der Waals surface area contributed by atoms with Crippen molar-refractivity contribution in [3.05, 3.63) is 52.5 Å². The summed E-state index contributed by atoms with van der Waals surface area (Å²) in [6.07, 6.45) is 4.19. The van der Waals surface area contributed by atoms with Gasteiger partial charge in [-0.15, -0.1) is 0 Å². The Morgan fingerprint density at radius 3 is 2.71 bits per heavy atom. The SMILES string of the molecule is CCCCCOc1cccc(C(=O)N(CCCN(C)C)c2nc3ccc(Br)cc3s2)c1. The number of hydrogen-bond donors (Lipinski definition) is 0. The molecule has 3 aromatic rings. The van der Waals surface area contributed by atoms with Gasteiger partial charge in [0.15, 0.2) is 5.13 Å². The predicted molar refractivity (Wildman–Crippen MR) is 134 cm³/mol. The summed E-state index contributed by atoms with van der Waals surface area (Å²) < 4.78 is 7.93. The highest BCUT2D eigenvalue weighted by atomic mass is 79.9. The molecule has 166 valence electrons. The van der Waals surface area contributed by atoms with Gasteiger partial charge in [-0.05, 0) is 69.9 Å². The van der Waals surface area contributed by atoms with Crippen molar-refractivity contribution in [1.29, 1.82) is 0 Å². The lowest BCUT2D eigenvalue weighted by Crippen LogP contribution is -2.33. The monoisotopic (exact) mass is 503 g/mol. The van der Waals surface area contributed by atoms with Crippen molar-refractivity contribution < 1.29 is 9.53 Å². The van der Waals surface area contributed by atoms with E-state index in [1.165, 1.54) is 0 Å². The third-order valence-electron chi connectivity index (χ3n) is 4.90. The van der Waals surface area contributed by atoms with Crippen LogP contribution in [0, 0.1) is 0 Å². The molecule has 5 nitrogen and oxygen atoms in total. The Bertz CT molecular complexity index is 1010. The number of halogens is 1. The van der Waals surface area contributed by atoms with Gasteiger partial charge in [0.2, 0.25) is 0 Å². The topological polar surface area (TPSA) is 45.7 Å². The van der Waals surface area contributed by atoms with Gasteiger partial charge in [-0.2, -0.15) is 0 Å². The lowest BCUT2D eigenvalue weighted by molar-refractivity contribution is 0.0985. The first-order valence-corrected chi connectivity index (χ1v) is 12.3. The predicted octanol–water partition coefficient (Wildman–Crippen LogP) is 6.23. The van der Waals surface area contributed by atoms with Crippen LogP contribution in [0.4, 0.5) is 5.13 Å². The number of amides is 1. The van der Waals surface area contributed by atoms with E-state index >= 15 is 0 Å². The van der Waals surface area contributed by atoms with E-state index in [4.69, 9.17) is 9.72 Å². The average Bonchev–Trinajstić information content (AvgIpc) is 3.16. The molecule has 0 aliphatic heterocycles. The van der Waals surface area contributed by atoms with Gasteiger partial charge in [-0.1, -0.05) is 53.1 Å². The number of benzene rings is 2. The highest BCUT2D eigenvalue weighted by molar-refractivity contribution is 9.10. The van der Waals surface area contributed by atoms with Crippen LogP contribution in [0.3, 0.4) is 0 Å². The molecule has 0 N–H and O–H groups in total. The third kappa shape index (κ3) is 6.76. The summed E-state index contributed by atoms with van der Waals surface area (Å²) >= 11 is 5.06. The maximum atomic E-state index is 13.5. The number of thiazole rings is 1. The van der Waals surface area contributed by atoms with Gasteiger partial charge in [0.25, 0.3) is 5.91 Å². The Hall–Kier alpha value is -1.96. The first-order chi connectivity index (χ1) is 15.0. The molecule has 31 heavy (non-hydrogen) atoms. The molecule has 0 aliphatic rings. The van der Waals surface area contributed by atoms with Crippen molar-refractivity contribution in [3.63, 3.8) is 0 Å². The number of fused-ring (bicyclic) bond motifs is 1. The van der Waals surface area contributed by atoms with Gasteiger partial charge in [0, 0.05) is 16.6 Å². The molecule has 3 rings (SSSR count). The average molecular weight is 504 g/mol. The summed E-state index contributed by atoms with van der Waals surface area (Å²) in [5.41, 5.74) is 1.53. The largest absolute Gasteiger partial charge is 0.494 e. The van der Waals surface area contributed by atoms with E-state index in [-0.39, 0.29) is 5.91 Å². The molecule has 7 heteroatoms. The molecule has 0 fully saturated rings. The Morgan fingerprint density at radius 2 is 1.94 bits per heavy atom. The number of aromatic nitrogens is 1. The summed E-state index contributed by atoms with van der Waals surface area (Å²) in [7, 11) is 4.08. The van der Waals surface area contributed by atoms with E-state index in [0.29, 0.717) is 18.7 Å². The Kier molecular flexibility index (Phi) is 8.87. The fourth-order valence-electron chi connectivity index (χ4n) is 3.25. The highest BCUT2D eigenvalue weighted by Gasteiger charge is 2.21. The van der Waals surface area contributed by atoms with Gasteiger partial charge < -0.3 is 9.64 Å². The van der Waals surface area contributed by atoms with Crippen molar-refractivity contribution in [2.75, 3.05) is 38.7 Å². The quantitative estimate of drug-likeness (QED) is 0.291. The van der Waals surface area contributed by atoms with Crippen LogP contribution in [0.2, 0.25) is 0 Å². The smallest absolute Gasteiger partial charge is 0.260 e. The maximum Gasteiger partial charge on any atom is 0.260 e. The number of ether oxygens (including phenoxy) is 1.